The molecule has 122 valence electrons. The van der Waals surface area contributed by atoms with Crippen molar-refractivity contribution in [2.75, 3.05) is 11.9 Å². The number of para-hydroxylation sites is 2. The van der Waals surface area contributed by atoms with E-state index in [9.17, 15) is 4.79 Å². The van der Waals surface area contributed by atoms with Crippen molar-refractivity contribution in [2.24, 2.45) is 7.05 Å². The number of amides is 1. The fraction of sp³-hybridized carbons (Fsp3) is 0.294. The highest BCUT2D eigenvalue weighted by Gasteiger charge is 2.09. The van der Waals surface area contributed by atoms with Gasteiger partial charge in [0.2, 0.25) is 5.91 Å². The summed E-state index contributed by atoms with van der Waals surface area (Å²) in [7, 11) is 1.76. The monoisotopic (exact) mass is 333 g/mol. The van der Waals surface area contributed by atoms with Crippen molar-refractivity contribution in [1.29, 1.82) is 0 Å². The van der Waals surface area contributed by atoms with Gasteiger partial charge in [-0.05, 0) is 31.6 Å². The van der Waals surface area contributed by atoms with Crippen molar-refractivity contribution in [3.05, 3.63) is 46.8 Å². The van der Waals surface area contributed by atoms with Crippen LogP contribution in [-0.2, 0) is 11.8 Å². The molecule has 0 bridgehead atoms. The second-order valence-electron chi connectivity index (χ2n) is 5.08. The number of nitrogens with one attached hydrogen (secondary N) is 1. The highest BCUT2D eigenvalue weighted by molar-refractivity contribution is 6.31. The van der Waals surface area contributed by atoms with Crippen molar-refractivity contribution < 1.29 is 9.53 Å². The molecule has 0 aliphatic rings. The Morgan fingerprint density at radius 3 is 2.83 bits per heavy atom. The van der Waals surface area contributed by atoms with Gasteiger partial charge >= 0.3 is 0 Å². The normalized spacial score (nSPS) is 11.0. The summed E-state index contributed by atoms with van der Waals surface area (Å²) < 4.78 is 7.19. The molecule has 0 aliphatic carbocycles. The quantitative estimate of drug-likeness (QED) is 0.817. The first-order chi connectivity index (χ1) is 11.0. The topological polar surface area (TPSA) is 56.1 Å². The van der Waals surface area contributed by atoms with E-state index in [1.54, 1.807) is 23.9 Å². The van der Waals surface area contributed by atoms with Crippen molar-refractivity contribution in [3.8, 4) is 5.75 Å². The van der Waals surface area contributed by atoms with Crippen LogP contribution < -0.4 is 10.1 Å². The van der Waals surface area contributed by atoms with Gasteiger partial charge in [0.15, 0.2) is 0 Å². The molecule has 0 saturated carbocycles. The number of nitrogens with zero attached hydrogens (tertiary/aromatic N) is 2. The fourth-order valence-electron chi connectivity index (χ4n) is 2.08. The minimum absolute atomic E-state index is 0.253. The summed E-state index contributed by atoms with van der Waals surface area (Å²) in [6.45, 7) is 4.48. The number of aryl methyl sites for hydroxylation is 2. The molecule has 1 N–H and O–H groups in total. The molecular formula is C17H20ClN3O2. The molecule has 0 fully saturated rings. The molecule has 2 rings (SSSR count). The summed E-state index contributed by atoms with van der Waals surface area (Å²) in [5.41, 5.74) is 2.15. The first-order valence-electron chi connectivity index (χ1n) is 7.43. The minimum Gasteiger partial charge on any atom is -0.491 e. The second-order valence-corrected chi connectivity index (χ2v) is 5.44. The van der Waals surface area contributed by atoms with Crippen LogP contribution in [0.1, 0.15) is 24.6 Å². The van der Waals surface area contributed by atoms with Gasteiger partial charge in [0, 0.05) is 18.7 Å². The largest absolute Gasteiger partial charge is 0.491 e. The first-order valence-corrected chi connectivity index (χ1v) is 7.80. The van der Waals surface area contributed by atoms with Gasteiger partial charge in [0.25, 0.3) is 0 Å². The Hall–Kier alpha value is -2.27. The molecule has 5 nitrogen and oxygen atoms in total. The SMILES string of the molecule is CCCOc1ccccc1NC(=O)/C=C/c1c(C)nn(C)c1Cl. The average molecular weight is 334 g/mol. The maximum Gasteiger partial charge on any atom is 0.248 e. The van der Waals surface area contributed by atoms with Crippen LogP contribution in [0, 0.1) is 6.92 Å². The molecule has 2 aromatic rings. The van der Waals surface area contributed by atoms with E-state index in [2.05, 4.69) is 10.4 Å². The van der Waals surface area contributed by atoms with E-state index >= 15 is 0 Å². The lowest BCUT2D eigenvalue weighted by atomic mass is 10.2. The van der Waals surface area contributed by atoms with Crippen LogP contribution in [0.2, 0.25) is 5.15 Å². The standard InChI is InChI=1S/C17H20ClN3O2/c1-4-11-23-15-8-6-5-7-14(15)19-16(22)10-9-13-12(2)20-21(3)17(13)18/h5-10H,4,11H2,1-3H3,(H,19,22)/b10-9+. The van der Waals surface area contributed by atoms with Crippen LogP contribution >= 0.6 is 11.6 Å². The predicted octanol–water partition coefficient (Wildman–Crippen LogP) is 3.82. The zero-order valence-electron chi connectivity index (χ0n) is 13.5. The number of hydrogen-bond acceptors (Lipinski definition) is 3. The van der Waals surface area contributed by atoms with E-state index in [1.165, 1.54) is 6.08 Å². The van der Waals surface area contributed by atoms with Gasteiger partial charge in [-0.1, -0.05) is 30.7 Å². The van der Waals surface area contributed by atoms with E-state index in [0.717, 1.165) is 17.7 Å². The van der Waals surface area contributed by atoms with Crippen LogP contribution in [0.15, 0.2) is 30.3 Å². The molecular weight excluding hydrogens is 314 g/mol. The van der Waals surface area contributed by atoms with E-state index in [4.69, 9.17) is 16.3 Å². The summed E-state index contributed by atoms with van der Waals surface area (Å²) in [4.78, 5) is 12.1. The second kappa shape index (κ2) is 7.83. The van der Waals surface area contributed by atoms with Gasteiger partial charge < -0.3 is 10.1 Å². The summed E-state index contributed by atoms with van der Waals surface area (Å²) in [5.74, 6) is 0.406. The molecule has 23 heavy (non-hydrogen) atoms. The molecule has 1 heterocycles. The Balaban J connectivity index is 2.09. The van der Waals surface area contributed by atoms with Gasteiger partial charge in [-0.2, -0.15) is 5.10 Å². The Kier molecular flexibility index (Phi) is 5.82. The Morgan fingerprint density at radius 1 is 1.43 bits per heavy atom. The molecule has 0 aliphatic heterocycles. The van der Waals surface area contributed by atoms with Gasteiger partial charge in [-0.25, -0.2) is 0 Å². The maximum atomic E-state index is 12.1. The summed E-state index contributed by atoms with van der Waals surface area (Å²) in [6, 6.07) is 7.35. The number of rotatable bonds is 6. The van der Waals surface area contributed by atoms with E-state index in [0.29, 0.717) is 23.2 Å². The first kappa shape index (κ1) is 17.1. The number of hydrogen-bond donors (Lipinski definition) is 1. The molecule has 1 aromatic heterocycles. The van der Waals surface area contributed by atoms with Crippen LogP contribution in [-0.4, -0.2) is 22.3 Å². The smallest absolute Gasteiger partial charge is 0.248 e. The predicted molar refractivity (Wildman–Crippen MR) is 92.8 cm³/mol. The van der Waals surface area contributed by atoms with Gasteiger partial charge in [-0.15, -0.1) is 0 Å². The average Bonchev–Trinajstić information content (AvgIpc) is 2.77. The van der Waals surface area contributed by atoms with Crippen LogP contribution in [0.5, 0.6) is 5.75 Å². The third kappa shape index (κ3) is 4.36. The van der Waals surface area contributed by atoms with E-state index < -0.39 is 0 Å². The van der Waals surface area contributed by atoms with E-state index in [-0.39, 0.29) is 5.91 Å². The Morgan fingerprint density at radius 2 is 2.17 bits per heavy atom. The van der Waals surface area contributed by atoms with Crippen LogP contribution in [0.25, 0.3) is 6.08 Å². The summed E-state index contributed by atoms with van der Waals surface area (Å²) in [6.07, 6.45) is 4.00. The molecule has 1 aromatic carbocycles. The fourth-order valence-corrected chi connectivity index (χ4v) is 2.31. The molecule has 1 amide bonds. The third-order valence-corrected chi connectivity index (χ3v) is 3.65. The molecule has 0 unspecified atom stereocenters. The molecule has 0 atom stereocenters. The molecule has 0 saturated heterocycles. The number of carbonyl (C=O) groups is 1. The number of anilines is 1. The van der Waals surface area contributed by atoms with Gasteiger partial charge in [0.1, 0.15) is 10.9 Å². The number of ether oxygens (including phenoxy) is 1. The lowest BCUT2D eigenvalue weighted by Gasteiger charge is -2.10. The highest BCUT2D eigenvalue weighted by Crippen LogP contribution is 2.24. The number of aromatic nitrogens is 2. The molecule has 0 radical (unpaired) electrons. The zero-order valence-corrected chi connectivity index (χ0v) is 14.2. The van der Waals surface area contributed by atoms with E-state index in [1.807, 2.05) is 32.0 Å². The Bertz CT molecular complexity index is 723. The van der Waals surface area contributed by atoms with Gasteiger partial charge in [0.05, 0.1) is 18.0 Å². The summed E-state index contributed by atoms with van der Waals surface area (Å²) in [5, 5.41) is 7.51. The van der Waals surface area contributed by atoms with Crippen molar-refractivity contribution in [1.82, 2.24) is 9.78 Å². The number of benzene rings is 1. The van der Waals surface area contributed by atoms with Crippen molar-refractivity contribution in [2.45, 2.75) is 20.3 Å². The van der Waals surface area contributed by atoms with Gasteiger partial charge in [-0.3, -0.25) is 9.48 Å². The number of halogens is 1. The lowest BCUT2D eigenvalue weighted by Crippen LogP contribution is -2.09. The minimum atomic E-state index is -0.253. The van der Waals surface area contributed by atoms with Crippen LogP contribution in [0.3, 0.4) is 0 Å². The van der Waals surface area contributed by atoms with Crippen molar-refractivity contribution in [3.63, 3.8) is 0 Å². The lowest BCUT2D eigenvalue weighted by molar-refractivity contribution is -0.111. The maximum absolute atomic E-state index is 12.1. The highest BCUT2D eigenvalue weighted by atomic mass is 35.5. The summed E-state index contributed by atoms with van der Waals surface area (Å²) >= 11 is 6.14. The molecule has 0 spiro atoms. The van der Waals surface area contributed by atoms with Crippen molar-refractivity contribution >= 4 is 29.3 Å². The zero-order chi connectivity index (χ0) is 16.8. The molecule has 6 heteroatoms. The van der Waals surface area contributed by atoms with Crippen LogP contribution in [0.4, 0.5) is 5.69 Å². The third-order valence-electron chi connectivity index (χ3n) is 3.20. The number of carbonyl (C=O) groups excluding carboxylic acids is 1. The Labute approximate surface area is 140 Å².